The minimum Gasteiger partial charge on any atom is -0.275 e. The molecule has 0 saturated carbocycles. The van der Waals surface area contributed by atoms with Crippen molar-refractivity contribution in [1.29, 1.82) is 0 Å². The molecule has 0 aliphatic rings. The molecular formula is C11H9BrN8S. The summed E-state index contributed by atoms with van der Waals surface area (Å²) in [7, 11) is 3.74. The summed E-state index contributed by atoms with van der Waals surface area (Å²) in [5.74, 6) is 0.680. The molecule has 106 valence electrons. The van der Waals surface area contributed by atoms with Crippen LogP contribution in [0.4, 0.5) is 0 Å². The molecule has 0 bridgehead atoms. The van der Waals surface area contributed by atoms with Crippen molar-refractivity contribution in [2.45, 2.75) is 0 Å². The Labute approximate surface area is 131 Å². The second kappa shape index (κ2) is 4.46. The van der Waals surface area contributed by atoms with Crippen LogP contribution in [0.3, 0.4) is 0 Å². The Balaban J connectivity index is 1.90. The Bertz CT molecular complexity index is 925. The van der Waals surface area contributed by atoms with E-state index in [4.69, 9.17) is 0 Å². The number of hydrogen-bond donors (Lipinski definition) is 0. The number of fused-ring (bicyclic) bond motifs is 1. The Hall–Kier alpha value is -2.07. The van der Waals surface area contributed by atoms with Gasteiger partial charge in [0.2, 0.25) is 4.96 Å². The van der Waals surface area contributed by atoms with Crippen LogP contribution in [-0.2, 0) is 14.1 Å². The topological polar surface area (TPSA) is 78.7 Å². The number of aromatic nitrogens is 8. The monoisotopic (exact) mass is 364 g/mol. The van der Waals surface area contributed by atoms with Gasteiger partial charge in [-0.1, -0.05) is 11.3 Å². The molecule has 0 N–H and O–H groups in total. The zero-order chi connectivity index (χ0) is 14.6. The first-order chi connectivity index (χ1) is 10.1. The second-order valence-corrected chi connectivity index (χ2v) is 6.30. The lowest BCUT2D eigenvalue weighted by Gasteiger charge is -1.96. The maximum absolute atomic E-state index is 4.60. The van der Waals surface area contributed by atoms with Gasteiger partial charge in [0, 0.05) is 20.3 Å². The van der Waals surface area contributed by atoms with E-state index in [2.05, 4.69) is 41.4 Å². The maximum atomic E-state index is 4.60. The molecule has 0 aromatic carbocycles. The summed E-state index contributed by atoms with van der Waals surface area (Å²) in [4.78, 5) is 0.733. The fourth-order valence-corrected chi connectivity index (χ4v) is 3.68. The zero-order valence-corrected chi connectivity index (χ0v) is 13.5. The maximum Gasteiger partial charge on any atom is 0.235 e. The smallest absolute Gasteiger partial charge is 0.235 e. The summed E-state index contributed by atoms with van der Waals surface area (Å²) in [6, 6.07) is 0. The molecule has 0 spiro atoms. The summed E-state index contributed by atoms with van der Waals surface area (Å²) in [5.41, 5.74) is 1.80. The number of aryl methyl sites for hydroxylation is 2. The van der Waals surface area contributed by atoms with Gasteiger partial charge in [-0.25, -0.2) is 0 Å². The quantitative estimate of drug-likeness (QED) is 0.541. The van der Waals surface area contributed by atoms with E-state index in [0.717, 1.165) is 25.7 Å². The lowest BCUT2D eigenvalue weighted by Crippen LogP contribution is -1.95. The van der Waals surface area contributed by atoms with E-state index in [9.17, 15) is 0 Å². The van der Waals surface area contributed by atoms with Crippen LogP contribution in [-0.4, -0.2) is 39.4 Å². The van der Waals surface area contributed by atoms with Crippen LogP contribution in [0.2, 0.25) is 0 Å². The summed E-state index contributed by atoms with van der Waals surface area (Å²) in [6.45, 7) is 0. The van der Waals surface area contributed by atoms with Crippen molar-refractivity contribution in [2.75, 3.05) is 0 Å². The molecule has 4 aromatic rings. The molecule has 0 fully saturated rings. The van der Waals surface area contributed by atoms with Crippen LogP contribution in [0.15, 0.2) is 23.1 Å². The molecule has 0 radical (unpaired) electrons. The number of hydrogen-bond acceptors (Lipinski definition) is 6. The molecule has 4 rings (SSSR count). The van der Waals surface area contributed by atoms with Gasteiger partial charge in [-0.2, -0.15) is 19.8 Å². The van der Waals surface area contributed by atoms with Gasteiger partial charge >= 0.3 is 0 Å². The molecule has 0 aliphatic heterocycles. The van der Waals surface area contributed by atoms with Gasteiger partial charge in [-0.3, -0.25) is 9.36 Å². The van der Waals surface area contributed by atoms with Gasteiger partial charge in [-0.05, 0) is 15.9 Å². The second-order valence-electron chi connectivity index (χ2n) is 4.49. The van der Waals surface area contributed by atoms with Crippen molar-refractivity contribution < 1.29 is 0 Å². The van der Waals surface area contributed by atoms with E-state index in [1.807, 2.05) is 20.3 Å². The van der Waals surface area contributed by atoms with E-state index in [1.54, 1.807) is 26.3 Å². The fourth-order valence-electron chi connectivity index (χ4n) is 2.08. The zero-order valence-electron chi connectivity index (χ0n) is 11.1. The highest BCUT2D eigenvalue weighted by Crippen LogP contribution is 2.32. The predicted octanol–water partition coefficient (Wildman–Crippen LogP) is 1.75. The third-order valence-electron chi connectivity index (χ3n) is 3.05. The van der Waals surface area contributed by atoms with Gasteiger partial charge in [0.05, 0.1) is 22.4 Å². The molecule has 10 heteroatoms. The number of halogens is 1. The summed E-state index contributed by atoms with van der Waals surface area (Å²) in [5, 5.41) is 22.2. The van der Waals surface area contributed by atoms with Crippen molar-refractivity contribution in [3.05, 3.63) is 23.1 Å². The van der Waals surface area contributed by atoms with E-state index < -0.39 is 0 Å². The normalized spacial score (nSPS) is 11.6. The summed E-state index contributed by atoms with van der Waals surface area (Å²) < 4.78 is 6.13. The van der Waals surface area contributed by atoms with Crippen LogP contribution in [0.25, 0.3) is 27.1 Å². The van der Waals surface area contributed by atoms with E-state index >= 15 is 0 Å². The molecule has 4 heterocycles. The van der Waals surface area contributed by atoms with Gasteiger partial charge < -0.3 is 0 Å². The summed E-state index contributed by atoms with van der Waals surface area (Å²) in [6.07, 6.45) is 5.38. The highest BCUT2D eigenvalue weighted by atomic mass is 79.9. The van der Waals surface area contributed by atoms with Crippen molar-refractivity contribution in [3.63, 3.8) is 0 Å². The first-order valence-electron chi connectivity index (χ1n) is 6.02. The molecule has 8 nitrogen and oxygen atoms in total. The Morgan fingerprint density at radius 2 is 2.00 bits per heavy atom. The van der Waals surface area contributed by atoms with Crippen LogP contribution in [0.1, 0.15) is 0 Å². The molecular weight excluding hydrogens is 356 g/mol. The molecule has 21 heavy (non-hydrogen) atoms. The highest BCUT2D eigenvalue weighted by molar-refractivity contribution is 9.10. The minimum absolute atomic E-state index is 0.680. The van der Waals surface area contributed by atoms with Crippen LogP contribution < -0.4 is 0 Å². The Morgan fingerprint density at radius 3 is 2.67 bits per heavy atom. The van der Waals surface area contributed by atoms with E-state index in [0.29, 0.717) is 5.82 Å². The first-order valence-corrected chi connectivity index (χ1v) is 7.63. The minimum atomic E-state index is 0.680. The molecule has 4 aromatic heterocycles. The predicted molar refractivity (Wildman–Crippen MR) is 80.8 cm³/mol. The average molecular weight is 365 g/mol. The highest BCUT2D eigenvalue weighted by Gasteiger charge is 2.18. The molecule has 0 unspecified atom stereocenters. The molecule has 0 amide bonds. The third kappa shape index (κ3) is 1.90. The van der Waals surface area contributed by atoms with Crippen molar-refractivity contribution in [3.8, 4) is 22.1 Å². The fraction of sp³-hybridized carbons (Fsp3) is 0.182. The average Bonchev–Trinajstić information content (AvgIpc) is 3.15. The van der Waals surface area contributed by atoms with Crippen molar-refractivity contribution >= 4 is 32.2 Å². The van der Waals surface area contributed by atoms with E-state index in [1.165, 1.54) is 11.3 Å². The Kier molecular flexibility index (Phi) is 2.69. The lowest BCUT2D eigenvalue weighted by atomic mass is 10.3. The van der Waals surface area contributed by atoms with Crippen molar-refractivity contribution in [2.24, 2.45) is 14.1 Å². The molecule has 0 aliphatic carbocycles. The van der Waals surface area contributed by atoms with Gasteiger partial charge in [-0.15, -0.1) is 10.2 Å². The van der Waals surface area contributed by atoms with Crippen LogP contribution >= 0.6 is 27.3 Å². The first kappa shape index (κ1) is 12.7. The summed E-state index contributed by atoms with van der Waals surface area (Å²) >= 11 is 4.96. The largest absolute Gasteiger partial charge is 0.275 e. The number of nitrogens with zero attached hydrogens (tertiary/aromatic N) is 8. The van der Waals surface area contributed by atoms with E-state index in [-0.39, 0.29) is 0 Å². The van der Waals surface area contributed by atoms with Crippen molar-refractivity contribution in [1.82, 2.24) is 39.4 Å². The van der Waals surface area contributed by atoms with Crippen LogP contribution in [0.5, 0.6) is 0 Å². The molecule has 0 atom stereocenters. The third-order valence-corrected chi connectivity index (χ3v) is 4.54. The lowest BCUT2D eigenvalue weighted by molar-refractivity contribution is 0.767. The number of rotatable bonds is 2. The van der Waals surface area contributed by atoms with Gasteiger partial charge in [0.15, 0.2) is 10.8 Å². The van der Waals surface area contributed by atoms with Crippen LogP contribution in [0, 0.1) is 0 Å². The van der Waals surface area contributed by atoms with Gasteiger partial charge in [0.1, 0.15) is 5.69 Å². The Morgan fingerprint density at radius 1 is 1.14 bits per heavy atom. The SMILES string of the molecule is Cn1cc(-c2nnc3sc(-c4c(Br)cnn4C)nn23)cn1. The standard InChI is InChI=1S/C11H9BrN8S/c1-18-5-6(3-13-18)9-15-16-11-20(9)17-10(21-11)8-7(12)4-14-19(8)2/h3-5H,1-2H3. The molecule has 0 saturated heterocycles. The van der Waals surface area contributed by atoms with Gasteiger partial charge in [0.25, 0.3) is 0 Å².